The largest absolute Gasteiger partial charge is 0.508 e. The highest BCUT2D eigenvalue weighted by molar-refractivity contribution is 8.76. The molecule has 450 valence electrons. The average molecular weight is 1210 g/mol. The molecule has 0 unspecified atom stereocenters. The third-order valence-electron chi connectivity index (χ3n) is 14.1. The average Bonchev–Trinajstić information content (AvgIpc) is 4.01. The Morgan fingerprint density at radius 1 is 0.762 bits per heavy atom. The van der Waals surface area contributed by atoms with Crippen molar-refractivity contribution in [2.45, 2.75) is 119 Å². The molecule has 5 aromatic rings. The standard InChI is InChI=1S/C57H64F6N10O9S2/c1-2-3-13-42-55(82)73-20-9-15-47(73)54(81)72-46(53(80)70-44(25-35-28-65-41-14-8-7-12-39(35)41)50(77)66-27-34-21-36(56(58,59)60)26-37(22-34)57(61,62)63)31-84-83-30-45(71-49(76)40(64)23-33-16-18-38(74)19-17-33)51(78)67-29-48(75)68-43(52(79)69-42)24-32-10-5-4-6-11-32/h4-8,10-12,14,16-19,21-22,26,28,40,42-47,65,74H,2-3,9,13,15,20,23-25,27,29-31,64H2,1H3,(H,66,77)(H,67,78)(H,68,75)(H,69,79)(H,70,80)(H,71,76)(H,72,81)/t40-,42-,43-,44-,45+,46+,47-/m0/s1. The summed E-state index contributed by atoms with van der Waals surface area (Å²) in [6.07, 6.45) is -7.49. The van der Waals surface area contributed by atoms with E-state index in [2.05, 4.69) is 42.2 Å². The maximum Gasteiger partial charge on any atom is 0.416 e. The second-order valence-corrected chi connectivity index (χ2v) is 22.9. The van der Waals surface area contributed by atoms with E-state index in [1.807, 2.05) is 6.92 Å². The van der Waals surface area contributed by atoms with Gasteiger partial charge in [-0.1, -0.05) is 102 Å². The Morgan fingerprint density at radius 3 is 2.13 bits per heavy atom. The number of H-pyrrole nitrogens is 1. The number of aromatic amines is 1. The fourth-order valence-corrected chi connectivity index (χ4v) is 11.9. The van der Waals surface area contributed by atoms with Crippen LogP contribution in [0.2, 0.25) is 0 Å². The predicted octanol–water partition coefficient (Wildman–Crippen LogP) is 4.70. The Bertz CT molecular complexity index is 3120. The molecule has 2 fully saturated rings. The zero-order chi connectivity index (χ0) is 60.7. The Labute approximate surface area is 486 Å². The van der Waals surface area contributed by atoms with E-state index in [4.69, 9.17) is 5.73 Å². The maximum absolute atomic E-state index is 14.8. The third kappa shape index (κ3) is 17.9. The smallest absolute Gasteiger partial charge is 0.416 e. The van der Waals surface area contributed by atoms with Gasteiger partial charge in [-0.05, 0) is 84.3 Å². The molecule has 2 aliphatic heterocycles. The molecular formula is C57H64F6N10O9S2. The molecule has 19 nitrogen and oxygen atoms in total. The van der Waals surface area contributed by atoms with E-state index in [1.54, 1.807) is 72.9 Å². The van der Waals surface area contributed by atoms with Gasteiger partial charge in [-0.25, -0.2) is 0 Å². The van der Waals surface area contributed by atoms with Gasteiger partial charge in [0.15, 0.2) is 0 Å². The highest BCUT2D eigenvalue weighted by atomic mass is 33.1. The van der Waals surface area contributed by atoms with Crippen LogP contribution in [0.5, 0.6) is 5.75 Å². The Morgan fingerprint density at radius 2 is 1.44 bits per heavy atom. The fourth-order valence-electron chi connectivity index (χ4n) is 9.60. The monoisotopic (exact) mass is 1210 g/mol. The summed E-state index contributed by atoms with van der Waals surface area (Å²) in [6, 6.07) is 12.9. The van der Waals surface area contributed by atoms with Gasteiger partial charge in [0.2, 0.25) is 47.3 Å². The molecule has 7 atom stereocenters. The van der Waals surface area contributed by atoms with Crippen LogP contribution in [0, 0.1) is 0 Å². The van der Waals surface area contributed by atoms with Gasteiger partial charge in [0.05, 0.1) is 23.7 Å². The van der Waals surface area contributed by atoms with E-state index in [0.29, 0.717) is 59.0 Å². The number of amides is 8. The number of hydrogen-bond donors (Lipinski definition) is 10. The predicted molar refractivity (Wildman–Crippen MR) is 302 cm³/mol. The summed E-state index contributed by atoms with van der Waals surface area (Å²) in [5.41, 5.74) is 4.83. The number of benzene rings is 4. The van der Waals surface area contributed by atoms with Crippen molar-refractivity contribution in [3.05, 3.63) is 137 Å². The van der Waals surface area contributed by atoms with Crippen LogP contribution >= 0.6 is 21.6 Å². The molecule has 7 rings (SSSR count). The lowest BCUT2D eigenvalue weighted by Crippen LogP contribution is -2.60. The number of aromatic nitrogens is 1. The molecule has 0 spiro atoms. The number of nitrogens with zero attached hydrogens (tertiary/aromatic N) is 1. The highest BCUT2D eigenvalue weighted by Gasteiger charge is 2.41. The first-order valence-corrected chi connectivity index (χ1v) is 29.5. The number of phenols is 1. The van der Waals surface area contributed by atoms with Gasteiger partial charge >= 0.3 is 12.4 Å². The Kier molecular flexibility index (Phi) is 22.1. The summed E-state index contributed by atoms with van der Waals surface area (Å²) in [5.74, 6) is -7.20. The zero-order valence-corrected chi connectivity index (χ0v) is 47.0. The van der Waals surface area contributed by atoms with Gasteiger partial charge in [0.25, 0.3) is 0 Å². The lowest BCUT2D eigenvalue weighted by molar-refractivity contribution is -0.143. The topological polar surface area (TPSA) is 286 Å². The van der Waals surface area contributed by atoms with E-state index in [9.17, 15) is 69.8 Å². The SMILES string of the molecule is CCCC[C@@H]1NC(=O)[C@H](Cc2ccccc2)NC(=O)CNC(=O)[C@H](NC(=O)[C@@H](N)Cc2ccc(O)cc2)CSSC[C@H](C(=O)N[C@@H](Cc2c[nH]c3ccccc23)C(=O)NCc2cc(C(F)(F)F)cc(C(F)(F)F)c2)NC(=O)[C@@H]2CCCN2C1=O. The van der Waals surface area contributed by atoms with Gasteiger partial charge in [-0.15, -0.1) is 0 Å². The third-order valence-corrected chi connectivity index (χ3v) is 16.5. The number of halogens is 6. The molecule has 2 saturated heterocycles. The van der Waals surface area contributed by atoms with Crippen molar-refractivity contribution in [1.29, 1.82) is 0 Å². The van der Waals surface area contributed by atoms with Gasteiger partial charge < -0.3 is 57.9 Å². The molecular weight excluding hydrogens is 1150 g/mol. The first-order chi connectivity index (χ1) is 40.0. The second-order valence-electron chi connectivity index (χ2n) is 20.3. The van der Waals surface area contributed by atoms with Crippen LogP contribution in [-0.2, 0) is 76.5 Å². The maximum atomic E-state index is 14.8. The molecule has 0 bridgehead atoms. The number of phenolic OH excluding ortho intramolecular Hbond substituents is 1. The van der Waals surface area contributed by atoms with E-state index in [1.165, 1.54) is 17.0 Å². The van der Waals surface area contributed by atoms with Crippen molar-refractivity contribution >= 4 is 79.7 Å². The zero-order valence-electron chi connectivity index (χ0n) is 45.4. The van der Waals surface area contributed by atoms with Crippen molar-refractivity contribution in [2.24, 2.45) is 5.73 Å². The van der Waals surface area contributed by atoms with Crippen LogP contribution < -0.4 is 43.0 Å². The van der Waals surface area contributed by atoms with Crippen LogP contribution in [0.15, 0.2) is 103 Å². The first kappa shape index (κ1) is 63.8. The van der Waals surface area contributed by atoms with Crippen LogP contribution in [0.3, 0.4) is 0 Å². The number of alkyl halides is 6. The number of fused-ring (bicyclic) bond motifs is 2. The summed E-state index contributed by atoms with van der Waals surface area (Å²) in [7, 11) is 1.89. The molecule has 84 heavy (non-hydrogen) atoms. The van der Waals surface area contributed by atoms with Crippen molar-refractivity contribution in [2.75, 3.05) is 24.6 Å². The molecule has 27 heteroatoms. The molecule has 0 radical (unpaired) electrons. The first-order valence-electron chi connectivity index (χ1n) is 27.0. The van der Waals surface area contributed by atoms with Crippen molar-refractivity contribution in [3.8, 4) is 5.75 Å². The van der Waals surface area contributed by atoms with E-state index in [-0.39, 0.29) is 62.0 Å². The highest BCUT2D eigenvalue weighted by Crippen LogP contribution is 2.36. The summed E-state index contributed by atoms with van der Waals surface area (Å²) in [6.45, 7) is 0.439. The molecule has 3 heterocycles. The number of carbonyl (C=O) groups is 8. The van der Waals surface area contributed by atoms with Crippen molar-refractivity contribution in [3.63, 3.8) is 0 Å². The number of carbonyl (C=O) groups excluding carboxylic acids is 8. The number of nitrogens with two attached hydrogens (primary N) is 1. The summed E-state index contributed by atoms with van der Waals surface area (Å²) < 4.78 is 83.1. The molecule has 8 amide bonds. The molecule has 1 aromatic heterocycles. The van der Waals surface area contributed by atoms with Gasteiger partial charge in [-0.2, -0.15) is 26.3 Å². The normalized spacial score (nSPS) is 20.5. The van der Waals surface area contributed by atoms with Gasteiger partial charge in [0.1, 0.15) is 42.0 Å². The minimum absolute atomic E-state index is 0.0149. The number of unbranched alkanes of at least 4 members (excludes halogenated alkanes) is 1. The Balaban J connectivity index is 1.20. The van der Waals surface area contributed by atoms with E-state index in [0.717, 1.165) is 21.6 Å². The minimum atomic E-state index is -5.18. The van der Waals surface area contributed by atoms with Gasteiger partial charge in [0, 0.05) is 54.5 Å². The van der Waals surface area contributed by atoms with Crippen LogP contribution in [0.25, 0.3) is 10.9 Å². The fraction of sp³-hybridized carbons (Fsp3) is 0.404. The number of nitrogens with one attached hydrogen (secondary N) is 8. The van der Waals surface area contributed by atoms with Crippen LogP contribution in [0.4, 0.5) is 26.3 Å². The summed E-state index contributed by atoms with van der Waals surface area (Å²) in [5, 5.41) is 28.6. The van der Waals surface area contributed by atoms with Gasteiger partial charge in [-0.3, -0.25) is 38.4 Å². The Hall–Kier alpha value is -7.78. The summed E-state index contributed by atoms with van der Waals surface area (Å²) >= 11 is 0. The number of aromatic hydroxyl groups is 1. The lowest BCUT2D eigenvalue weighted by atomic mass is 10.0. The molecule has 2 aliphatic rings. The number of para-hydroxylation sites is 1. The number of rotatable bonds is 16. The number of hydrogen-bond acceptors (Lipinski definition) is 12. The molecule has 0 saturated carbocycles. The lowest BCUT2D eigenvalue weighted by Gasteiger charge is -2.31. The second kappa shape index (κ2) is 29.2. The molecule has 4 aromatic carbocycles. The minimum Gasteiger partial charge on any atom is -0.508 e. The van der Waals surface area contributed by atoms with Crippen molar-refractivity contribution in [1.82, 2.24) is 47.1 Å². The van der Waals surface area contributed by atoms with Crippen LogP contribution in [-0.4, -0.2) is 129 Å². The van der Waals surface area contributed by atoms with Crippen LogP contribution in [0.1, 0.15) is 72.4 Å². The van der Waals surface area contributed by atoms with E-state index >= 15 is 0 Å². The quantitative estimate of drug-likeness (QED) is 0.0476. The summed E-state index contributed by atoms with van der Waals surface area (Å²) in [4.78, 5) is 118. The van der Waals surface area contributed by atoms with E-state index < -0.39 is 132 Å². The molecule has 0 aliphatic carbocycles. The van der Waals surface area contributed by atoms with Crippen molar-refractivity contribution < 1.29 is 69.8 Å². The molecule has 11 N–H and O–H groups in total.